The number of carbonyl (C=O) groups is 2. The van der Waals surface area contributed by atoms with E-state index in [1.165, 1.54) is 25.3 Å². The Morgan fingerprint density at radius 3 is 2.42 bits per heavy atom. The lowest BCUT2D eigenvalue weighted by atomic mass is 9.92. The predicted octanol–water partition coefficient (Wildman–Crippen LogP) is 1.62. The molecular weight excluding hydrogens is 334 g/mol. The summed E-state index contributed by atoms with van der Waals surface area (Å²) >= 11 is 0. The van der Waals surface area contributed by atoms with Gasteiger partial charge in [-0.3, -0.25) is 9.59 Å². The Bertz CT molecular complexity index is 750. The first-order chi connectivity index (χ1) is 11.2. The Labute approximate surface area is 140 Å². The highest BCUT2D eigenvalue weighted by Gasteiger charge is 2.38. The third-order valence-corrected chi connectivity index (χ3v) is 5.38. The van der Waals surface area contributed by atoms with Gasteiger partial charge in [-0.05, 0) is 31.0 Å². The van der Waals surface area contributed by atoms with E-state index in [0.717, 1.165) is 19.1 Å². The Kier molecular flexibility index (Phi) is 5.17. The monoisotopic (exact) mass is 355 g/mol. The Hall–Kier alpha value is -2.09. The van der Waals surface area contributed by atoms with E-state index in [-0.39, 0.29) is 22.6 Å². The molecule has 0 spiro atoms. The van der Waals surface area contributed by atoms with Crippen LogP contribution in [0, 0.1) is 0 Å². The second kappa shape index (κ2) is 6.80. The van der Waals surface area contributed by atoms with Crippen molar-refractivity contribution in [3.8, 4) is 5.75 Å². The van der Waals surface area contributed by atoms with Crippen LogP contribution in [0.15, 0.2) is 23.1 Å². The minimum atomic E-state index is -3.47. The molecule has 1 aromatic carbocycles. The number of sulfone groups is 1. The molecular formula is C16H21NO6S. The number of benzene rings is 1. The number of aliphatic carboxylic acids is 1. The molecule has 0 aliphatic heterocycles. The van der Waals surface area contributed by atoms with Gasteiger partial charge in [-0.1, -0.05) is 12.8 Å². The Balaban J connectivity index is 2.36. The molecule has 0 aromatic heterocycles. The van der Waals surface area contributed by atoms with E-state index in [0.29, 0.717) is 12.8 Å². The fourth-order valence-electron chi connectivity index (χ4n) is 3.09. The van der Waals surface area contributed by atoms with E-state index < -0.39 is 27.3 Å². The van der Waals surface area contributed by atoms with Gasteiger partial charge in [0.1, 0.15) is 5.75 Å². The number of rotatable bonds is 6. The minimum Gasteiger partial charge on any atom is -0.496 e. The van der Waals surface area contributed by atoms with Crippen molar-refractivity contribution in [2.24, 2.45) is 0 Å². The van der Waals surface area contributed by atoms with Crippen molar-refractivity contribution in [1.82, 2.24) is 5.32 Å². The van der Waals surface area contributed by atoms with E-state index in [9.17, 15) is 18.0 Å². The number of ether oxygens (including phenoxy) is 1. The summed E-state index contributed by atoms with van der Waals surface area (Å²) in [6.07, 6.45) is 3.74. The number of carboxylic acid groups (broad SMARTS) is 1. The van der Waals surface area contributed by atoms with E-state index in [2.05, 4.69) is 5.32 Å². The van der Waals surface area contributed by atoms with Gasteiger partial charge in [0.2, 0.25) is 0 Å². The lowest BCUT2D eigenvalue weighted by Crippen LogP contribution is -2.47. The molecule has 2 N–H and O–H groups in total. The molecule has 24 heavy (non-hydrogen) atoms. The van der Waals surface area contributed by atoms with Crippen LogP contribution < -0.4 is 10.1 Å². The average Bonchev–Trinajstić information content (AvgIpc) is 2.92. The summed E-state index contributed by atoms with van der Waals surface area (Å²) < 4.78 is 28.6. The van der Waals surface area contributed by atoms with Gasteiger partial charge in [0.25, 0.3) is 5.91 Å². The normalized spacial score (nSPS) is 16.6. The molecule has 0 atom stereocenters. The van der Waals surface area contributed by atoms with E-state index >= 15 is 0 Å². The lowest BCUT2D eigenvalue weighted by molar-refractivity contribution is -0.138. The van der Waals surface area contributed by atoms with Crippen molar-refractivity contribution in [3.63, 3.8) is 0 Å². The molecule has 132 valence electrons. The first-order valence-electron chi connectivity index (χ1n) is 7.59. The molecule has 1 aromatic rings. The SMILES string of the molecule is COc1ccc(S(C)(=O)=O)cc1C(=O)NC1(CC(=O)O)CCCC1. The predicted molar refractivity (Wildman–Crippen MR) is 87.0 cm³/mol. The molecule has 2 rings (SSSR count). The van der Waals surface area contributed by atoms with Crippen LogP contribution in [-0.4, -0.2) is 44.3 Å². The third-order valence-electron chi connectivity index (χ3n) is 4.27. The molecule has 1 aliphatic rings. The quantitative estimate of drug-likeness (QED) is 0.802. The van der Waals surface area contributed by atoms with Crippen LogP contribution >= 0.6 is 0 Å². The van der Waals surface area contributed by atoms with Crippen LogP contribution in [0.2, 0.25) is 0 Å². The van der Waals surface area contributed by atoms with Crippen molar-refractivity contribution in [2.45, 2.75) is 42.5 Å². The standard InChI is InChI=1S/C16H21NO6S/c1-23-13-6-5-11(24(2,21)22)9-12(13)15(20)17-16(10-14(18)19)7-3-4-8-16/h5-6,9H,3-4,7-8,10H2,1-2H3,(H,17,20)(H,18,19). The fourth-order valence-corrected chi connectivity index (χ4v) is 3.74. The number of carbonyl (C=O) groups excluding carboxylic acids is 1. The van der Waals surface area contributed by atoms with Crippen molar-refractivity contribution in [3.05, 3.63) is 23.8 Å². The molecule has 1 fully saturated rings. The first kappa shape index (κ1) is 18.3. The van der Waals surface area contributed by atoms with Gasteiger partial charge < -0.3 is 15.2 Å². The second-order valence-electron chi connectivity index (χ2n) is 6.15. The number of carboxylic acids is 1. The summed E-state index contributed by atoms with van der Waals surface area (Å²) in [7, 11) is -2.09. The zero-order chi connectivity index (χ0) is 18.0. The molecule has 0 unspecified atom stereocenters. The molecule has 1 amide bonds. The first-order valence-corrected chi connectivity index (χ1v) is 9.48. The third kappa shape index (κ3) is 4.05. The Morgan fingerprint density at radius 1 is 1.29 bits per heavy atom. The van der Waals surface area contributed by atoms with E-state index in [1.54, 1.807) is 0 Å². The van der Waals surface area contributed by atoms with Crippen LogP contribution in [0.5, 0.6) is 5.75 Å². The van der Waals surface area contributed by atoms with Crippen molar-refractivity contribution in [2.75, 3.05) is 13.4 Å². The highest BCUT2D eigenvalue weighted by Crippen LogP contribution is 2.33. The highest BCUT2D eigenvalue weighted by atomic mass is 32.2. The largest absolute Gasteiger partial charge is 0.496 e. The van der Waals surface area contributed by atoms with Gasteiger partial charge in [0, 0.05) is 6.26 Å². The van der Waals surface area contributed by atoms with Crippen LogP contribution in [0.3, 0.4) is 0 Å². The molecule has 1 saturated carbocycles. The van der Waals surface area contributed by atoms with Gasteiger partial charge in [0.05, 0.1) is 29.5 Å². The maximum atomic E-state index is 12.7. The van der Waals surface area contributed by atoms with Gasteiger partial charge in [-0.25, -0.2) is 8.42 Å². The van der Waals surface area contributed by atoms with Crippen LogP contribution in [0.25, 0.3) is 0 Å². The van der Waals surface area contributed by atoms with Crippen LogP contribution in [-0.2, 0) is 14.6 Å². The zero-order valence-corrected chi connectivity index (χ0v) is 14.5. The molecule has 0 heterocycles. The minimum absolute atomic E-state index is 0.00663. The molecule has 0 bridgehead atoms. The molecule has 7 nitrogen and oxygen atoms in total. The topological polar surface area (TPSA) is 110 Å². The fraction of sp³-hybridized carbons (Fsp3) is 0.500. The summed E-state index contributed by atoms with van der Waals surface area (Å²) in [6.45, 7) is 0. The average molecular weight is 355 g/mol. The van der Waals surface area contributed by atoms with Gasteiger partial charge in [0.15, 0.2) is 9.84 Å². The second-order valence-corrected chi connectivity index (χ2v) is 8.16. The maximum absolute atomic E-state index is 12.7. The van der Waals surface area contributed by atoms with Crippen LogP contribution in [0.1, 0.15) is 42.5 Å². The summed E-state index contributed by atoms with van der Waals surface area (Å²) in [6, 6.07) is 4.05. The summed E-state index contributed by atoms with van der Waals surface area (Å²) in [5, 5.41) is 11.9. The summed E-state index contributed by atoms with van der Waals surface area (Å²) in [5.41, 5.74) is -0.716. The summed E-state index contributed by atoms with van der Waals surface area (Å²) in [4.78, 5) is 23.8. The maximum Gasteiger partial charge on any atom is 0.305 e. The van der Waals surface area contributed by atoms with E-state index in [4.69, 9.17) is 9.84 Å². The zero-order valence-electron chi connectivity index (χ0n) is 13.7. The van der Waals surface area contributed by atoms with E-state index in [1.807, 2.05) is 0 Å². The van der Waals surface area contributed by atoms with Gasteiger partial charge >= 0.3 is 5.97 Å². The molecule has 8 heteroatoms. The molecule has 0 radical (unpaired) electrons. The van der Waals surface area contributed by atoms with Crippen molar-refractivity contribution in [1.29, 1.82) is 0 Å². The number of methoxy groups -OCH3 is 1. The van der Waals surface area contributed by atoms with Crippen LogP contribution in [0.4, 0.5) is 0 Å². The molecule has 1 aliphatic carbocycles. The summed E-state index contributed by atoms with van der Waals surface area (Å²) in [5.74, 6) is -1.27. The smallest absolute Gasteiger partial charge is 0.305 e. The van der Waals surface area contributed by atoms with Crippen molar-refractivity contribution >= 4 is 21.7 Å². The number of hydrogen-bond donors (Lipinski definition) is 2. The van der Waals surface area contributed by atoms with Crippen molar-refractivity contribution < 1.29 is 27.9 Å². The molecule has 0 saturated heterocycles. The van der Waals surface area contributed by atoms with Gasteiger partial charge in [-0.15, -0.1) is 0 Å². The van der Waals surface area contributed by atoms with Gasteiger partial charge in [-0.2, -0.15) is 0 Å². The number of hydrogen-bond acceptors (Lipinski definition) is 5. The Morgan fingerprint density at radius 2 is 1.92 bits per heavy atom. The highest BCUT2D eigenvalue weighted by molar-refractivity contribution is 7.90. The lowest BCUT2D eigenvalue weighted by Gasteiger charge is -2.29. The number of nitrogens with one attached hydrogen (secondary N) is 1. The number of amides is 1.